The van der Waals surface area contributed by atoms with Crippen molar-refractivity contribution in [1.29, 1.82) is 0 Å². The van der Waals surface area contributed by atoms with Gasteiger partial charge in [-0.25, -0.2) is 4.98 Å². The van der Waals surface area contributed by atoms with Gasteiger partial charge in [0.2, 0.25) is 0 Å². The summed E-state index contributed by atoms with van der Waals surface area (Å²) in [6, 6.07) is 5.37. The van der Waals surface area contributed by atoms with Crippen molar-refractivity contribution in [2.75, 3.05) is 20.6 Å². The van der Waals surface area contributed by atoms with Crippen LogP contribution < -0.4 is 5.73 Å². The fraction of sp³-hybridized carbons (Fsp3) is 0.455. The van der Waals surface area contributed by atoms with Crippen molar-refractivity contribution in [2.45, 2.75) is 12.8 Å². The van der Waals surface area contributed by atoms with Crippen LogP contribution in [0.15, 0.2) is 18.2 Å². The summed E-state index contributed by atoms with van der Waals surface area (Å²) in [5.74, 6) is -0.468. The highest BCUT2D eigenvalue weighted by Gasteiger charge is 2.02. The van der Waals surface area contributed by atoms with Gasteiger partial charge in [0.25, 0.3) is 5.91 Å². The lowest BCUT2D eigenvalue weighted by atomic mass is 10.2. The summed E-state index contributed by atoms with van der Waals surface area (Å²) >= 11 is 0. The summed E-state index contributed by atoms with van der Waals surface area (Å²) in [5.41, 5.74) is 6.42. The van der Waals surface area contributed by atoms with Crippen molar-refractivity contribution in [3.63, 3.8) is 0 Å². The Morgan fingerprint density at radius 3 is 2.80 bits per heavy atom. The van der Waals surface area contributed by atoms with Gasteiger partial charge < -0.3 is 10.6 Å². The standard InChI is InChI=1S/C11H17N3O/c1-14(2)8-4-6-9-5-3-7-10(13-9)11(12)15/h3,5,7H,4,6,8H2,1-2H3,(H2,12,15). The molecule has 0 fully saturated rings. The van der Waals surface area contributed by atoms with E-state index in [9.17, 15) is 4.79 Å². The average Bonchev–Trinajstić information content (AvgIpc) is 2.17. The Bertz CT molecular complexity index is 336. The fourth-order valence-corrected chi connectivity index (χ4v) is 1.33. The molecular formula is C11H17N3O. The molecule has 0 saturated heterocycles. The van der Waals surface area contributed by atoms with E-state index in [-0.39, 0.29) is 0 Å². The third-order valence-electron chi connectivity index (χ3n) is 2.10. The Morgan fingerprint density at radius 1 is 1.47 bits per heavy atom. The minimum absolute atomic E-state index is 0.345. The second kappa shape index (κ2) is 5.46. The number of aryl methyl sites for hydroxylation is 1. The highest BCUT2D eigenvalue weighted by Crippen LogP contribution is 2.02. The molecule has 1 amide bonds. The van der Waals surface area contributed by atoms with E-state index < -0.39 is 5.91 Å². The van der Waals surface area contributed by atoms with Gasteiger partial charge in [-0.3, -0.25) is 4.79 Å². The zero-order chi connectivity index (χ0) is 11.3. The lowest BCUT2D eigenvalue weighted by molar-refractivity contribution is 0.0995. The van der Waals surface area contributed by atoms with Gasteiger partial charge in [0, 0.05) is 5.69 Å². The highest BCUT2D eigenvalue weighted by atomic mass is 16.1. The van der Waals surface area contributed by atoms with Crippen molar-refractivity contribution < 1.29 is 4.79 Å². The maximum atomic E-state index is 10.9. The van der Waals surface area contributed by atoms with Crippen LogP contribution in [0.1, 0.15) is 22.6 Å². The van der Waals surface area contributed by atoms with Crippen LogP contribution in [-0.2, 0) is 6.42 Å². The number of pyridine rings is 1. The summed E-state index contributed by atoms with van der Waals surface area (Å²) in [7, 11) is 4.07. The Morgan fingerprint density at radius 2 is 2.20 bits per heavy atom. The third-order valence-corrected chi connectivity index (χ3v) is 2.10. The highest BCUT2D eigenvalue weighted by molar-refractivity contribution is 5.90. The molecule has 0 aliphatic carbocycles. The van der Waals surface area contributed by atoms with Gasteiger partial charge in [0.15, 0.2) is 0 Å². The van der Waals surface area contributed by atoms with Crippen LogP contribution >= 0.6 is 0 Å². The number of hydrogen-bond acceptors (Lipinski definition) is 3. The molecule has 0 radical (unpaired) electrons. The lowest BCUT2D eigenvalue weighted by Gasteiger charge is -2.08. The predicted molar refractivity (Wildman–Crippen MR) is 59.6 cm³/mol. The van der Waals surface area contributed by atoms with E-state index in [1.165, 1.54) is 0 Å². The van der Waals surface area contributed by atoms with Crippen LogP contribution in [-0.4, -0.2) is 36.4 Å². The number of carbonyl (C=O) groups is 1. The molecule has 1 aromatic rings. The number of rotatable bonds is 5. The molecule has 0 aliphatic heterocycles. The van der Waals surface area contributed by atoms with Gasteiger partial charge in [0.1, 0.15) is 5.69 Å². The Hall–Kier alpha value is -1.42. The number of carbonyl (C=O) groups excluding carboxylic acids is 1. The molecule has 15 heavy (non-hydrogen) atoms. The van der Waals surface area contributed by atoms with E-state index in [0.29, 0.717) is 5.69 Å². The monoisotopic (exact) mass is 207 g/mol. The van der Waals surface area contributed by atoms with E-state index in [4.69, 9.17) is 5.73 Å². The molecular weight excluding hydrogens is 190 g/mol. The third kappa shape index (κ3) is 4.08. The first-order valence-corrected chi connectivity index (χ1v) is 5.00. The largest absolute Gasteiger partial charge is 0.364 e. The minimum Gasteiger partial charge on any atom is -0.364 e. The van der Waals surface area contributed by atoms with Crippen LogP contribution in [0, 0.1) is 0 Å². The fourth-order valence-electron chi connectivity index (χ4n) is 1.33. The van der Waals surface area contributed by atoms with Crippen LogP contribution in [0.3, 0.4) is 0 Å². The van der Waals surface area contributed by atoms with Crippen LogP contribution in [0.2, 0.25) is 0 Å². The van der Waals surface area contributed by atoms with Crippen molar-refractivity contribution in [2.24, 2.45) is 5.73 Å². The summed E-state index contributed by atoms with van der Waals surface area (Å²) in [5, 5.41) is 0. The van der Waals surface area contributed by atoms with E-state index in [1.807, 2.05) is 26.2 Å². The first kappa shape index (κ1) is 11.7. The smallest absolute Gasteiger partial charge is 0.267 e. The van der Waals surface area contributed by atoms with E-state index in [2.05, 4.69) is 9.88 Å². The number of hydrogen-bond donors (Lipinski definition) is 1. The normalized spacial score (nSPS) is 10.6. The summed E-state index contributed by atoms with van der Waals surface area (Å²) in [6.45, 7) is 1.02. The molecule has 0 spiro atoms. The molecule has 82 valence electrons. The predicted octanol–water partition coefficient (Wildman–Crippen LogP) is 0.675. The maximum absolute atomic E-state index is 10.9. The zero-order valence-corrected chi connectivity index (χ0v) is 9.23. The summed E-state index contributed by atoms with van der Waals surface area (Å²) in [4.78, 5) is 17.2. The van der Waals surface area contributed by atoms with Gasteiger partial charge in [-0.05, 0) is 45.6 Å². The quantitative estimate of drug-likeness (QED) is 0.772. The summed E-state index contributed by atoms with van der Waals surface area (Å²) < 4.78 is 0. The van der Waals surface area contributed by atoms with Gasteiger partial charge in [-0.2, -0.15) is 0 Å². The number of amides is 1. The van der Waals surface area contributed by atoms with Crippen molar-refractivity contribution in [3.05, 3.63) is 29.6 Å². The second-order valence-electron chi connectivity index (χ2n) is 3.79. The van der Waals surface area contributed by atoms with Crippen molar-refractivity contribution in [1.82, 2.24) is 9.88 Å². The van der Waals surface area contributed by atoms with E-state index >= 15 is 0 Å². The van der Waals surface area contributed by atoms with Crippen LogP contribution in [0.4, 0.5) is 0 Å². The molecule has 0 atom stereocenters. The van der Waals surface area contributed by atoms with Gasteiger partial charge in [-0.15, -0.1) is 0 Å². The van der Waals surface area contributed by atoms with E-state index in [1.54, 1.807) is 6.07 Å². The second-order valence-corrected chi connectivity index (χ2v) is 3.79. The molecule has 0 saturated carbocycles. The molecule has 0 unspecified atom stereocenters. The lowest BCUT2D eigenvalue weighted by Crippen LogP contribution is -2.15. The van der Waals surface area contributed by atoms with Gasteiger partial charge >= 0.3 is 0 Å². The topological polar surface area (TPSA) is 59.2 Å². The molecule has 1 aromatic heterocycles. The Labute approximate surface area is 90.1 Å². The molecule has 0 bridgehead atoms. The maximum Gasteiger partial charge on any atom is 0.267 e. The molecule has 1 heterocycles. The van der Waals surface area contributed by atoms with Gasteiger partial charge in [-0.1, -0.05) is 6.07 Å². The molecule has 4 heteroatoms. The van der Waals surface area contributed by atoms with Gasteiger partial charge in [0.05, 0.1) is 0 Å². The number of aromatic nitrogens is 1. The number of primary amides is 1. The van der Waals surface area contributed by atoms with Crippen LogP contribution in [0.25, 0.3) is 0 Å². The first-order chi connectivity index (χ1) is 7.09. The molecule has 1 rings (SSSR count). The van der Waals surface area contributed by atoms with E-state index in [0.717, 1.165) is 25.1 Å². The average molecular weight is 207 g/mol. The number of nitrogens with zero attached hydrogens (tertiary/aromatic N) is 2. The van der Waals surface area contributed by atoms with Crippen molar-refractivity contribution >= 4 is 5.91 Å². The molecule has 0 aliphatic rings. The number of nitrogens with two attached hydrogens (primary N) is 1. The minimum atomic E-state index is -0.468. The zero-order valence-electron chi connectivity index (χ0n) is 9.23. The Balaban J connectivity index is 2.54. The Kier molecular flexibility index (Phi) is 4.24. The summed E-state index contributed by atoms with van der Waals surface area (Å²) in [6.07, 6.45) is 1.90. The first-order valence-electron chi connectivity index (χ1n) is 5.00. The molecule has 0 aromatic carbocycles. The van der Waals surface area contributed by atoms with Crippen LogP contribution in [0.5, 0.6) is 0 Å². The SMILES string of the molecule is CN(C)CCCc1cccc(C(N)=O)n1. The molecule has 4 nitrogen and oxygen atoms in total. The van der Waals surface area contributed by atoms with Crippen molar-refractivity contribution in [3.8, 4) is 0 Å². The molecule has 2 N–H and O–H groups in total.